The lowest BCUT2D eigenvalue weighted by atomic mass is 10.1. The minimum Gasteiger partial charge on any atom is -0.344 e. The van der Waals surface area contributed by atoms with Crippen LogP contribution < -0.4 is 0 Å². The second-order valence-electron chi connectivity index (χ2n) is 7.33. The molecule has 1 aliphatic heterocycles. The summed E-state index contributed by atoms with van der Waals surface area (Å²) in [6, 6.07) is 3.49. The number of hydrogen-bond donors (Lipinski definition) is 0. The van der Waals surface area contributed by atoms with E-state index in [1.165, 1.54) is 23.7 Å². The maximum absolute atomic E-state index is 12.5. The lowest BCUT2D eigenvalue weighted by Gasteiger charge is -2.30. The third kappa shape index (κ3) is 6.25. The number of alkyl halides is 3. The summed E-state index contributed by atoms with van der Waals surface area (Å²) in [5.74, 6) is 0.106. The first-order valence-electron chi connectivity index (χ1n) is 8.85. The van der Waals surface area contributed by atoms with Crippen LogP contribution in [0, 0.1) is 12.8 Å². The van der Waals surface area contributed by atoms with Crippen molar-refractivity contribution in [1.29, 1.82) is 0 Å². The van der Waals surface area contributed by atoms with E-state index < -0.39 is 18.8 Å². The Kier molecular flexibility index (Phi) is 7.10. The van der Waals surface area contributed by atoms with Gasteiger partial charge < -0.3 is 4.90 Å². The molecule has 0 aliphatic carbocycles. The van der Waals surface area contributed by atoms with Gasteiger partial charge >= 0.3 is 6.18 Å². The Morgan fingerprint density at radius 2 is 2.08 bits per heavy atom. The molecule has 26 heavy (non-hydrogen) atoms. The highest BCUT2D eigenvalue weighted by Crippen LogP contribution is 2.23. The lowest BCUT2D eigenvalue weighted by molar-refractivity contribution is -0.154. The predicted octanol–water partition coefficient (Wildman–Crippen LogP) is 3.22. The lowest BCUT2D eigenvalue weighted by Crippen LogP contribution is -2.48. The Balaban J connectivity index is 1.79. The number of likely N-dealkylation sites (tertiary alicyclic amines) is 1. The number of rotatable bonds is 7. The van der Waals surface area contributed by atoms with Crippen LogP contribution in [-0.4, -0.2) is 73.1 Å². The number of aryl methyl sites for hydroxylation is 1. The van der Waals surface area contributed by atoms with E-state index in [-0.39, 0.29) is 5.91 Å². The quantitative estimate of drug-likeness (QED) is 0.714. The molecule has 148 valence electrons. The first-order valence-corrected chi connectivity index (χ1v) is 9.66. The Labute approximate surface area is 157 Å². The molecule has 0 N–H and O–H groups in total. The van der Waals surface area contributed by atoms with Crippen LogP contribution in [0.3, 0.4) is 0 Å². The van der Waals surface area contributed by atoms with E-state index in [2.05, 4.69) is 24.0 Å². The SMILES string of the molecule is Cc1ccc(CN2CC[C@H](CN(C)C(=O)[C@@H](C)N(C)CC(F)(F)F)C2)s1. The molecule has 1 amide bonds. The maximum atomic E-state index is 12.5. The van der Waals surface area contributed by atoms with Crippen LogP contribution >= 0.6 is 11.3 Å². The Bertz CT molecular complexity index is 605. The van der Waals surface area contributed by atoms with E-state index in [1.54, 1.807) is 23.3 Å². The summed E-state index contributed by atoms with van der Waals surface area (Å²) in [6.45, 7) is 5.98. The van der Waals surface area contributed by atoms with Crippen molar-refractivity contribution in [3.8, 4) is 0 Å². The molecule has 0 bridgehead atoms. The fourth-order valence-corrected chi connectivity index (χ4v) is 4.33. The number of carbonyl (C=O) groups is 1. The van der Waals surface area contributed by atoms with Crippen molar-refractivity contribution in [3.05, 3.63) is 21.9 Å². The molecule has 1 aliphatic rings. The van der Waals surface area contributed by atoms with Crippen LogP contribution in [0.4, 0.5) is 13.2 Å². The summed E-state index contributed by atoms with van der Waals surface area (Å²) in [5, 5.41) is 0. The van der Waals surface area contributed by atoms with Crippen LogP contribution in [0.1, 0.15) is 23.1 Å². The van der Waals surface area contributed by atoms with Gasteiger partial charge in [-0.1, -0.05) is 0 Å². The van der Waals surface area contributed by atoms with Gasteiger partial charge in [0, 0.05) is 36.4 Å². The standard InChI is InChI=1S/C18H28F3N3OS/c1-13-5-6-16(26-13)11-24-8-7-15(10-24)9-22(3)17(25)14(2)23(4)12-18(19,20)21/h5-6,14-15H,7-12H2,1-4H3/t14-,15-/m1/s1. The van der Waals surface area contributed by atoms with Crippen molar-refractivity contribution < 1.29 is 18.0 Å². The number of nitrogens with zero attached hydrogens (tertiary/aromatic N) is 3. The van der Waals surface area contributed by atoms with Crippen molar-refractivity contribution in [2.45, 2.75) is 39.0 Å². The van der Waals surface area contributed by atoms with E-state index >= 15 is 0 Å². The number of halogens is 3. The van der Waals surface area contributed by atoms with Gasteiger partial charge in [0.2, 0.25) is 5.91 Å². The molecule has 4 nitrogen and oxygen atoms in total. The number of hydrogen-bond acceptors (Lipinski definition) is 4. The van der Waals surface area contributed by atoms with Crippen molar-refractivity contribution in [2.24, 2.45) is 5.92 Å². The van der Waals surface area contributed by atoms with Gasteiger partial charge in [-0.05, 0) is 51.9 Å². The van der Waals surface area contributed by atoms with Gasteiger partial charge in [0.15, 0.2) is 0 Å². The summed E-state index contributed by atoms with van der Waals surface area (Å²) >= 11 is 1.80. The molecular weight excluding hydrogens is 363 g/mol. The van der Waals surface area contributed by atoms with Crippen LogP contribution in [0.5, 0.6) is 0 Å². The Morgan fingerprint density at radius 3 is 2.65 bits per heavy atom. The van der Waals surface area contributed by atoms with Crippen LogP contribution in [0.2, 0.25) is 0 Å². The molecule has 1 aromatic heterocycles. The fraction of sp³-hybridized carbons (Fsp3) is 0.722. The van der Waals surface area contributed by atoms with Gasteiger partial charge in [0.25, 0.3) is 0 Å². The summed E-state index contributed by atoms with van der Waals surface area (Å²) in [4.78, 5) is 20.1. The molecule has 0 aromatic carbocycles. The molecular formula is C18H28F3N3OS. The molecule has 0 radical (unpaired) electrons. The summed E-state index contributed by atoms with van der Waals surface area (Å²) in [5.41, 5.74) is 0. The van der Waals surface area contributed by atoms with Gasteiger partial charge in [0.1, 0.15) is 0 Å². The number of carbonyl (C=O) groups excluding carboxylic acids is 1. The highest BCUT2D eigenvalue weighted by molar-refractivity contribution is 7.11. The molecule has 1 fully saturated rings. The van der Waals surface area contributed by atoms with Crippen molar-refractivity contribution in [3.63, 3.8) is 0 Å². The normalized spacial score (nSPS) is 19.9. The first-order chi connectivity index (χ1) is 12.0. The van der Waals surface area contributed by atoms with E-state index in [1.807, 2.05) is 0 Å². The third-order valence-corrected chi connectivity index (χ3v) is 5.89. The van der Waals surface area contributed by atoms with E-state index in [9.17, 15) is 18.0 Å². The highest BCUT2D eigenvalue weighted by atomic mass is 32.1. The summed E-state index contributed by atoms with van der Waals surface area (Å²) in [6.07, 6.45) is -3.29. The molecule has 8 heteroatoms. The number of thiophene rings is 1. The smallest absolute Gasteiger partial charge is 0.344 e. The molecule has 0 spiro atoms. The topological polar surface area (TPSA) is 26.8 Å². The minimum absolute atomic E-state index is 0.260. The average molecular weight is 392 g/mol. The van der Waals surface area contributed by atoms with Crippen molar-refractivity contribution in [1.82, 2.24) is 14.7 Å². The molecule has 2 rings (SSSR count). The largest absolute Gasteiger partial charge is 0.401 e. The van der Waals surface area contributed by atoms with Gasteiger partial charge in [-0.25, -0.2) is 0 Å². The minimum atomic E-state index is -4.30. The zero-order chi connectivity index (χ0) is 19.5. The monoisotopic (exact) mass is 391 g/mol. The Morgan fingerprint density at radius 1 is 1.38 bits per heavy atom. The summed E-state index contributed by atoms with van der Waals surface area (Å²) in [7, 11) is 3.02. The zero-order valence-corrected chi connectivity index (χ0v) is 16.7. The first kappa shape index (κ1) is 21.2. The second-order valence-corrected chi connectivity index (χ2v) is 8.70. The molecule has 1 saturated heterocycles. The van der Waals surface area contributed by atoms with Gasteiger partial charge in [0.05, 0.1) is 12.6 Å². The molecule has 1 aromatic rings. The average Bonchev–Trinajstić information content (AvgIpc) is 3.13. The van der Waals surface area contributed by atoms with Gasteiger partial charge in [-0.3, -0.25) is 14.6 Å². The fourth-order valence-electron chi connectivity index (χ4n) is 3.40. The van der Waals surface area contributed by atoms with Crippen LogP contribution in [-0.2, 0) is 11.3 Å². The zero-order valence-electron chi connectivity index (χ0n) is 15.8. The predicted molar refractivity (Wildman–Crippen MR) is 98.2 cm³/mol. The van der Waals surface area contributed by atoms with Crippen LogP contribution in [0.25, 0.3) is 0 Å². The number of amides is 1. The van der Waals surface area contributed by atoms with Crippen molar-refractivity contribution in [2.75, 3.05) is 40.3 Å². The van der Waals surface area contributed by atoms with E-state index in [0.717, 1.165) is 31.0 Å². The Hall–Kier alpha value is -1.12. The maximum Gasteiger partial charge on any atom is 0.401 e. The van der Waals surface area contributed by atoms with E-state index in [0.29, 0.717) is 12.5 Å². The highest BCUT2D eigenvalue weighted by Gasteiger charge is 2.34. The molecule has 0 unspecified atom stereocenters. The van der Waals surface area contributed by atoms with Crippen LogP contribution in [0.15, 0.2) is 12.1 Å². The van der Waals surface area contributed by atoms with Gasteiger partial charge in [-0.2, -0.15) is 13.2 Å². The van der Waals surface area contributed by atoms with Gasteiger partial charge in [-0.15, -0.1) is 11.3 Å². The molecule has 2 atom stereocenters. The summed E-state index contributed by atoms with van der Waals surface area (Å²) < 4.78 is 37.5. The second kappa shape index (κ2) is 8.71. The molecule has 2 heterocycles. The van der Waals surface area contributed by atoms with Crippen molar-refractivity contribution >= 4 is 17.2 Å². The number of likely N-dealkylation sites (N-methyl/N-ethyl adjacent to an activating group) is 2. The van der Waals surface area contributed by atoms with E-state index in [4.69, 9.17) is 0 Å². The molecule has 0 saturated carbocycles. The third-order valence-electron chi connectivity index (χ3n) is 4.90.